The zero-order valence-electron chi connectivity index (χ0n) is 9.09. The molecule has 0 bridgehead atoms. The van der Waals surface area contributed by atoms with Crippen LogP contribution in [0, 0.1) is 5.82 Å². The fourth-order valence-corrected chi connectivity index (χ4v) is 2.78. The maximum atomic E-state index is 13.7. The Labute approximate surface area is 126 Å². The Bertz CT molecular complexity index is 575. The van der Waals surface area contributed by atoms with Gasteiger partial charge < -0.3 is 4.74 Å². The average molecular weight is 394 g/mol. The number of hydrogen-bond donors (Lipinski definition) is 0. The van der Waals surface area contributed by atoms with E-state index in [1.54, 1.807) is 18.2 Å². The van der Waals surface area contributed by atoms with Crippen LogP contribution < -0.4 is 4.74 Å². The Balaban J connectivity index is 2.39. The van der Waals surface area contributed by atoms with Gasteiger partial charge in [0, 0.05) is 10.0 Å². The van der Waals surface area contributed by atoms with Crippen LogP contribution in [-0.2, 0) is 5.88 Å². The topological polar surface area (TPSA) is 9.23 Å². The van der Waals surface area contributed by atoms with Gasteiger partial charge in [-0.1, -0.05) is 28.1 Å². The summed E-state index contributed by atoms with van der Waals surface area (Å²) in [7, 11) is 0. The summed E-state index contributed by atoms with van der Waals surface area (Å²) in [6.07, 6.45) is 0. The van der Waals surface area contributed by atoms with Crippen LogP contribution in [0.15, 0.2) is 45.3 Å². The average Bonchev–Trinajstić information content (AvgIpc) is 2.34. The fourth-order valence-electron chi connectivity index (χ4n) is 1.44. The second kappa shape index (κ2) is 6.04. The number of ether oxygens (including phenoxy) is 1. The Morgan fingerprint density at radius 2 is 1.94 bits per heavy atom. The van der Waals surface area contributed by atoms with E-state index in [1.807, 2.05) is 12.1 Å². The van der Waals surface area contributed by atoms with Crippen molar-refractivity contribution in [2.45, 2.75) is 5.88 Å². The lowest BCUT2D eigenvalue weighted by atomic mass is 10.2. The summed E-state index contributed by atoms with van der Waals surface area (Å²) in [6.45, 7) is 0. The molecule has 0 spiro atoms. The summed E-state index contributed by atoms with van der Waals surface area (Å²) in [6, 6.07) is 10.1. The summed E-state index contributed by atoms with van der Waals surface area (Å²) < 4.78 is 21.0. The zero-order valence-corrected chi connectivity index (χ0v) is 13.0. The molecule has 2 rings (SSSR count). The first-order valence-corrected chi connectivity index (χ1v) is 7.20. The lowest BCUT2D eigenvalue weighted by Crippen LogP contribution is -1.94. The maximum absolute atomic E-state index is 13.7. The predicted octanol–water partition coefficient (Wildman–Crippen LogP) is 5.88. The van der Waals surface area contributed by atoms with Gasteiger partial charge in [0.2, 0.25) is 0 Å². The first-order chi connectivity index (χ1) is 8.61. The summed E-state index contributed by atoms with van der Waals surface area (Å²) in [5, 5.41) is 0. The molecule has 18 heavy (non-hydrogen) atoms. The lowest BCUT2D eigenvalue weighted by Gasteiger charge is -2.12. The second-order valence-electron chi connectivity index (χ2n) is 3.54. The number of para-hydroxylation sites is 1. The van der Waals surface area contributed by atoms with Gasteiger partial charge in [0.05, 0.1) is 10.4 Å². The molecule has 0 amide bonds. The van der Waals surface area contributed by atoms with Gasteiger partial charge in [-0.3, -0.25) is 0 Å². The summed E-state index contributed by atoms with van der Waals surface area (Å²) >= 11 is 12.5. The van der Waals surface area contributed by atoms with Crippen LogP contribution in [-0.4, -0.2) is 0 Å². The number of benzene rings is 2. The van der Waals surface area contributed by atoms with E-state index in [1.165, 1.54) is 6.07 Å². The van der Waals surface area contributed by atoms with E-state index in [-0.39, 0.29) is 11.6 Å². The van der Waals surface area contributed by atoms with Gasteiger partial charge in [-0.25, -0.2) is 4.39 Å². The minimum atomic E-state index is -0.428. The number of halogens is 4. The van der Waals surface area contributed by atoms with E-state index in [9.17, 15) is 4.39 Å². The molecule has 0 aliphatic rings. The van der Waals surface area contributed by atoms with E-state index in [0.29, 0.717) is 11.3 Å². The molecule has 0 N–H and O–H groups in total. The van der Waals surface area contributed by atoms with Gasteiger partial charge >= 0.3 is 0 Å². The first kappa shape index (κ1) is 13.8. The maximum Gasteiger partial charge on any atom is 0.167 e. The molecule has 94 valence electrons. The highest BCUT2D eigenvalue weighted by Crippen LogP contribution is 2.35. The van der Waals surface area contributed by atoms with E-state index >= 15 is 0 Å². The predicted molar refractivity (Wildman–Crippen MR) is 77.9 cm³/mol. The highest BCUT2D eigenvalue weighted by Gasteiger charge is 2.12. The van der Waals surface area contributed by atoms with Crippen LogP contribution in [0.4, 0.5) is 4.39 Å². The van der Waals surface area contributed by atoms with Crippen LogP contribution >= 0.6 is 43.5 Å². The van der Waals surface area contributed by atoms with Gasteiger partial charge in [-0.2, -0.15) is 0 Å². The molecule has 0 radical (unpaired) electrons. The second-order valence-corrected chi connectivity index (χ2v) is 5.58. The molecule has 0 saturated carbocycles. The first-order valence-electron chi connectivity index (χ1n) is 5.08. The molecule has 0 atom stereocenters. The van der Waals surface area contributed by atoms with Crippen molar-refractivity contribution >= 4 is 43.5 Å². The minimum absolute atomic E-state index is 0.163. The minimum Gasteiger partial charge on any atom is -0.453 e. The van der Waals surface area contributed by atoms with Crippen molar-refractivity contribution in [2.24, 2.45) is 0 Å². The van der Waals surface area contributed by atoms with Crippen LogP contribution in [0.5, 0.6) is 11.5 Å². The summed E-state index contributed by atoms with van der Waals surface area (Å²) in [5.74, 6) is 0.467. The summed E-state index contributed by atoms with van der Waals surface area (Å²) in [4.78, 5) is 0. The lowest BCUT2D eigenvalue weighted by molar-refractivity contribution is 0.436. The van der Waals surface area contributed by atoms with Gasteiger partial charge in [0.15, 0.2) is 11.6 Å². The molecule has 0 aliphatic carbocycles. The number of rotatable bonds is 3. The molecule has 2 aromatic rings. The monoisotopic (exact) mass is 392 g/mol. The molecule has 0 aromatic heterocycles. The third-order valence-electron chi connectivity index (χ3n) is 2.30. The van der Waals surface area contributed by atoms with Gasteiger partial charge in [0.25, 0.3) is 0 Å². The van der Waals surface area contributed by atoms with E-state index < -0.39 is 5.82 Å². The third-order valence-corrected chi connectivity index (χ3v) is 3.70. The molecular formula is C13H8Br2ClFO. The highest BCUT2D eigenvalue weighted by atomic mass is 79.9. The fraction of sp³-hybridized carbons (Fsp3) is 0.0769. The molecular weight excluding hydrogens is 386 g/mol. The molecule has 2 aromatic carbocycles. The highest BCUT2D eigenvalue weighted by molar-refractivity contribution is 9.11. The quantitative estimate of drug-likeness (QED) is 0.591. The van der Waals surface area contributed by atoms with Crippen molar-refractivity contribution in [3.8, 4) is 11.5 Å². The zero-order chi connectivity index (χ0) is 13.1. The van der Waals surface area contributed by atoms with Crippen molar-refractivity contribution in [1.29, 1.82) is 0 Å². The van der Waals surface area contributed by atoms with Crippen molar-refractivity contribution in [2.75, 3.05) is 0 Å². The molecule has 5 heteroatoms. The molecule has 0 unspecified atom stereocenters. The van der Waals surface area contributed by atoms with Crippen molar-refractivity contribution in [3.05, 3.63) is 56.7 Å². The smallest absolute Gasteiger partial charge is 0.167 e. The Morgan fingerprint density at radius 3 is 2.61 bits per heavy atom. The van der Waals surface area contributed by atoms with Crippen LogP contribution in [0.2, 0.25) is 0 Å². The van der Waals surface area contributed by atoms with Gasteiger partial charge in [-0.05, 0) is 40.2 Å². The molecule has 1 nitrogen and oxygen atoms in total. The van der Waals surface area contributed by atoms with Crippen molar-refractivity contribution in [3.63, 3.8) is 0 Å². The number of hydrogen-bond acceptors (Lipinski definition) is 1. The van der Waals surface area contributed by atoms with Crippen LogP contribution in [0.3, 0.4) is 0 Å². The van der Waals surface area contributed by atoms with Gasteiger partial charge in [0.1, 0.15) is 5.75 Å². The van der Waals surface area contributed by atoms with Crippen molar-refractivity contribution in [1.82, 2.24) is 0 Å². The SMILES string of the molecule is Fc1cccc(CCl)c1Oc1ccc(Br)cc1Br. The van der Waals surface area contributed by atoms with Crippen molar-refractivity contribution < 1.29 is 9.13 Å². The van der Waals surface area contributed by atoms with E-state index in [4.69, 9.17) is 16.3 Å². The third kappa shape index (κ3) is 3.05. The van der Waals surface area contributed by atoms with Crippen LogP contribution in [0.25, 0.3) is 0 Å². The van der Waals surface area contributed by atoms with Gasteiger partial charge in [-0.15, -0.1) is 11.6 Å². The standard InChI is InChI=1S/C13H8Br2ClFO/c14-9-4-5-12(10(15)6-9)18-13-8(7-16)2-1-3-11(13)17/h1-6H,7H2. The normalized spacial score (nSPS) is 10.4. The largest absolute Gasteiger partial charge is 0.453 e. The number of alkyl halides is 1. The molecule has 0 heterocycles. The molecule has 0 fully saturated rings. The van der Waals surface area contributed by atoms with E-state index in [0.717, 1.165) is 8.95 Å². The van der Waals surface area contributed by atoms with E-state index in [2.05, 4.69) is 31.9 Å². The molecule has 0 saturated heterocycles. The Hall–Kier alpha value is -0.580. The van der Waals surface area contributed by atoms with Crippen LogP contribution in [0.1, 0.15) is 5.56 Å². The molecule has 0 aliphatic heterocycles. The Morgan fingerprint density at radius 1 is 1.17 bits per heavy atom. The Kier molecular flexibility index (Phi) is 4.65. The summed E-state index contributed by atoms with van der Waals surface area (Å²) in [5.41, 5.74) is 0.617.